The third-order valence-electron chi connectivity index (χ3n) is 4.93. The van der Waals surface area contributed by atoms with Crippen molar-refractivity contribution in [3.63, 3.8) is 0 Å². The quantitative estimate of drug-likeness (QED) is 0.508. The number of nitrogens with zero attached hydrogens (tertiary/aromatic N) is 1. The number of fused-ring (bicyclic) bond motifs is 4. The van der Waals surface area contributed by atoms with E-state index in [9.17, 15) is 0 Å². The SMILES string of the molecule is Cc1cccc2c1CNC(c1cc3ccccc3s1)c1cccn1-2. The van der Waals surface area contributed by atoms with Gasteiger partial charge in [0.1, 0.15) is 0 Å². The van der Waals surface area contributed by atoms with Gasteiger partial charge in [-0.2, -0.15) is 0 Å². The maximum absolute atomic E-state index is 3.79. The summed E-state index contributed by atoms with van der Waals surface area (Å²) in [4.78, 5) is 1.38. The summed E-state index contributed by atoms with van der Waals surface area (Å²) in [7, 11) is 0. The van der Waals surface area contributed by atoms with E-state index in [2.05, 4.69) is 83.7 Å². The summed E-state index contributed by atoms with van der Waals surface area (Å²) in [6, 6.07) is 22.1. The van der Waals surface area contributed by atoms with E-state index in [1.807, 2.05) is 11.3 Å². The van der Waals surface area contributed by atoms with Crippen LogP contribution in [0, 0.1) is 6.92 Å². The van der Waals surface area contributed by atoms with Crippen LogP contribution in [0.5, 0.6) is 0 Å². The Morgan fingerprint density at radius 3 is 2.88 bits per heavy atom. The first-order valence-electron chi connectivity index (χ1n) is 8.29. The lowest BCUT2D eigenvalue weighted by Crippen LogP contribution is -2.20. The van der Waals surface area contributed by atoms with Crippen molar-refractivity contribution in [2.24, 2.45) is 0 Å². The van der Waals surface area contributed by atoms with Crippen LogP contribution in [-0.4, -0.2) is 4.57 Å². The van der Waals surface area contributed by atoms with Crippen LogP contribution in [0.15, 0.2) is 66.9 Å². The number of aromatic nitrogens is 1. The minimum absolute atomic E-state index is 0.226. The van der Waals surface area contributed by atoms with Crippen molar-refractivity contribution in [1.29, 1.82) is 0 Å². The molecule has 0 spiro atoms. The number of benzene rings is 2. The molecular weight excluding hydrogens is 312 g/mol. The van der Waals surface area contributed by atoms with Crippen molar-refractivity contribution in [3.05, 3.63) is 88.6 Å². The topological polar surface area (TPSA) is 17.0 Å². The van der Waals surface area contributed by atoms with Gasteiger partial charge >= 0.3 is 0 Å². The van der Waals surface area contributed by atoms with Crippen LogP contribution in [0.4, 0.5) is 0 Å². The van der Waals surface area contributed by atoms with Gasteiger partial charge in [-0.05, 0) is 53.8 Å². The van der Waals surface area contributed by atoms with Gasteiger partial charge in [0.05, 0.1) is 11.7 Å². The van der Waals surface area contributed by atoms with Gasteiger partial charge in [-0.1, -0.05) is 30.3 Å². The summed E-state index contributed by atoms with van der Waals surface area (Å²) < 4.78 is 3.70. The average Bonchev–Trinajstić information content (AvgIpc) is 3.20. The molecule has 118 valence electrons. The van der Waals surface area contributed by atoms with Gasteiger partial charge in [-0.25, -0.2) is 0 Å². The molecule has 2 nitrogen and oxygen atoms in total. The average molecular weight is 330 g/mol. The molecule has 1 atom stereocenters. The molecule has 1 aliphatic heterocycles. The lowest BCUT2D eigenvalue weighted by Gasteiger charge is -2.15. The highest BCUT2D eigenvalue weighted by Crippen LogP contribution is 2.36. The number of thiophene rings is 1. The summed E-state index contributed by atoms with van der Waals surface area (Å²) in [6.07, 6.45) is 2.18. The molecule has 4 aromatic rings. The molecule has 2 aromatic carbocycles. The third kappa shape index (κ3) is 2.05. The van der Waals surface area contributed by atoms with E-state index in [0.29, 0.717) is 0 Å². The second kappa shape index (κ2) is 5.33. The Bertz CT molecular complexity index is 1010. The molecule has 24 heavy (non-hydrogen) atoms. The largest absolute Gasteiger partial charge is 0.319 e. The van der Waals surface area contributed by atoms with E-state index < -0.39 is 0 Å². The van der Waals surface area contributed by atoms with E-state index in [-0.39, 0.29) is 6.04 Å². The van der Waals surface area contributed by atoms with Crippen molar-refractivity contribution in [2.75, 3.05) is 0 Å². The zero-order chi connectivity index (χ0) is 16.1. The molecule has 3 heterocycles. The summed E-state index contributed by atoms with van der Waals surface area (Å²) in [6.45, 7) is 3.09. The highest BCUT2D eigenvalue weighted by molar-refractivity contribution is 7.19. The Labute approximate surface area is 145 Å². The third-order valence-corrected chi connectivity index (χ3v) is 6.11. The summed E-state index contributed by atoms with van der Waals surface area (Å²) in [5.41, 5.74) is 5.34. The zero-order valence-electron chi connectivity index (χ0n) is 13.5. The predicted molar refractivity (Wildman–Crippen MR) is 101 cm³/mol. The van der Waals surface area contributed by atoms with Gasteiger partial charge < -0.3 is 9.88 Å². The van der Waals surface area contributed by atoms with E-state index in [1.54, 1.807) is 0 Å². The van der Waals surface area contributed by atoms with Crippen molar-refractivity contribution in [1.82, 2.24) is 9.88 Å². The fraction of sp³-hybridized carbons (Fsp3) is 0.143. The first-order chi connectivity index (χ1) is 11.8. The van der Waals surface area contributed by atoms with Crippen molar-refractivity contribution in [3.8, 4) is 5.69 Å². The highest BCUT2D eigenvalue weighted by Gasteiger charge is 2.24. The molecule has 1 N–H and O–H groups in total. The number of hydrogen-bond acceptors (Lipinski definition) is 2. The van der Waals surface area contributed by atoms with Crippen molar-refractivity contribution >= 4 is 21.4 Å². The number of rotatable bonds is 1. The second-order valence-corrected chi connectivity index (χ2v) is 7.49. The van der Waals surface area contributed by atoms with E-state index in [1.165, 1.54) is 37.5 Å². The summed E-state index contributed by atoms with van der Waals surface area (Å²) in [5, 5.41) is 5.12. The molecule has 0 bridgehead atoms. The second-order valence-electron chi connectivity index (χ2n) is 6.38. The van der Waals surface area contributed by atoms with Gasteiger partial charge in [-0.3, -0.25) is 0 Å². The molecule has 1 unspecified atom stereocenters. The van der Waals surface area contributed by atoms with Gasteiger partial charge in [0, 0.05) is 28.0 Å². The van der Waals surface area contributed by atoms with E-state index in [4.69, 9.17) is 0 Å². The van der Waals surface area contributed by atoms with E-state index >= 15 is 0 Å². The Balaban J connectivity index is 1.69. The van der Waals surface area contributed by atoms with Crippen LogP contribution < -0.4 is 5.32 Å². The summed E-state index contributed by atoms with van der Waals surface area (Å²) >= 11 is 1.89. The molecule has 3 heteroatoms. The van der Waals surface area contributed by atoms with E-state index in [0.717, 1.165) is 6.54 Å². The fourth-order valence-corrected chi connectivity index (χ4v) is 4.84. The maximum Gasteiger partial charge on any atom is 0.0831 e. The Hall–Kier alpha value is -2.36. The smallest absolute Gasteiger partial charge is 0.0831 e. The fourth-order valence-electron chi connectivity index (χ4n) is 3.69. The molecule has 0 fully saturated rings. The molecule has 0 radical (unpaired) electrons. The monoisotopic (exact) mass is 330 g/mol. The zero-order valence-corrected chi connectivity index (χ0v) is 14.3. The number of hydrogen-bond donors (Lipinski definition) is 1. The van der Waals surface area contributed by atoms with Gasteiger partial charge in [-0.15, -0.1) is 11.3 Å². The number of nitrogens with one attached hydrogen (secondary N) is 1. The van der Waals surface area contributed by atoms with Crippen molar-refractivity contribution < 1.29 is 0 Å². The van der Waals surface area contributed by atoms with Crippen LogP contribution in [-0.2, 0) is 6.54 Å². The van der Waals surface area contributed by atoms with Gasteiger partial charge in [0.2, 0.25) is 0 Å². The van der Waals surface area contributed by atoms with Crippen LogP contribution in [0.3, 0.4) is 0 Å². The first-order valence-corrected chi connectivity index (χ1v) is 9.11. The molecule has 1 aliphatic rings. The molecule has 0 aliphatic carbocycles. The Kier molecular flexibility index (Phi) is 3.12. The number of aryl methyl sites for hydroxylation is 1. The van der Waals surface area contributed by atoms with Crippen LogP contribution in [0.2, 0.25) is 0 Å². The first kappa shape index (κ1) is 14.0. The summed E-state index contributed by atoms with van der Waals surface area (Å²) in [5.74, 6) is 0. The predicted octanol–water partition coefficient (Wildman–Crippen LogP) is 5.19. The molecule has 0 saturated heterocycles. The molecule has 0 saturated carbocycles. The van der Waals surface area contributed by atoms with Crippen LogP contribution in [0.25, 0.3) is 15.8 Å². The highest BCUT2D eigenvalue weighted by atomic mass is 32.1. The van der Waals surface area contributed by atoms with Crippen molar-refractivity contribution in [2.45, 2.75) is 19.5 Å². The van der Waals surface area contributed by atoms with Crippen LogP contribution >= 0.6 is 11.3 Å². The Morgan fingerprint density at radius 2 is 1.96 bits per heavy atom. The Morgan fingerprint density at radius 1 is 1.04 bits per heavy atom. The van der Waals surface area contributed by atoms with Gasteiger partial charge in [0.15, 0.2) is 0 Å². The molecular formula is C21H18N2S. The lowest BCUT2D eigenvalue weighted by atomic mass is 10.1. The minimum Gasteiger partial charge on any atom is -0.319 e. The lowest BCUT2D eigenvalue weighted by molar-refractivity contribution is 0.608. The molecule has 2 aromatic heterocycles. The standard InChI is InChI=1S/C21H18N2S/c1-14-6-4-8-17-16(14)13-22-21(18-9-5-11-23(17)18)20-12-15-7-2-3-10-19(15)24-20/h2-12,21-22H,13H2,1H3. The van der Waals surface area contributed by atoms with Gasteiger partial charge in [0.25, 0.3) is 0 Å². The molecule has 0 amide bonds. The maximum atomic E-state index is 3.79. The minimum atomic E-state index is 0.226. The molecule has 5 rings (SSSR count). The normalized spacial score (nSPS) is 16.6. The van der Waals surface area contributed by atoms with Crippen LogP contribution in [0.1, 0.15) is 27.7 Å².